The second-order valence-electron chi connectivity index (χ2n) is 6.60. The molecule has 1 aromatic rings. The number of hydrogen-bond acceptors (Lipinski definition) is 4. The quantitative estimate of drug-likeness (QED) is 0.856. The number of nitriles is 1. The SMILES string of the molecule is N#CC1(NC(=O)CN2CCOC(c3ccc(Br)cc3)C2)CCCC1. The average molecular weight is 392 g/mol. The molecule has 3 rings (SSSR count). The molecule has 1 aliphatic heterocycles. The molecule has 2 aliphatic rings. The lowest BCUT2D eigenvalue weighted by Gasteiger charge is -2.33. The van der Waals surface area contributed by atoms with Crippen molar-refractivity contribution in [2.75, 3.05) is 26.2 Å². The molecule has 24 heavy (non-hydrogen) atoms. The molecule has 6 heteroatoms. The zero-order chi connectivity index (χ0) is 17.0. The summed E-state index contributed by atoms with van der Waals surface area (Å²) >= 11 is 3.44. The number of carbonyl (C=O) groups is 1. The molecule has 0 aromatic heterocycles. The smallest absolute Gasteiger partial charge is 0.235 e. The van der Waals surface area contributed by atoms with Crippen molar-refractivity contribution in [1.29, 1.82) is 5.26 Å². The maximum Gasteiger partial charge on any atom is 0.235 e. The van der Waals surface area contributed by atoms with Crippen LogP contribution in [0.15, 0.2) is 28.7 Å². The minimum atomic E-state index is -0.644. The monoisotopic (exact) mass is 391 g/mol. The Kier molecular flexibility index (Phi) is 5.54. The molecule has 128 valence electrons. The van der Waals surface area contributed by atoms with Crippen molar-refractivity contribution in [1.82, 2.24) is 10.2 Å². The number of nitrogens with one attached hydrogen (secondary N) is 1. The van der Waals surface area contributed by atoms with E-state index in [1.807, 2.05) is 24.3 Å². The molecule has 1 atom stereocenters. The Labute approximate surface area is 151 Å². The van der Waals surface area contributed by atoms with Crippen LogP contribution in [0.2, 0.25) is 0 Å². The standard InChI is InChI=1S/C18H22BrN3O2/c19-15-5-3-14(4-6-15)16-11-22(9-10-24-16)12-17(23)21-18(13-20)7-1-2-8-18/h3-6,16H,1-2,7-12H2,(H,21,23). The molecule has 1 saturated heterocycles. The van der Waals surface area contributed by atoms with Crippen LogP contribution in [0.25, 0.3) is 0 Å². The van der Waals surface area contributed by atoms with Gasteiger partial charge in [0, 0.05) is 17.6 Å². The van der Waals surface area contributed by atoms with Gasteiger partial charge in [-0.15, -0.1) is 0 Å². The molecule has 1 unspecified atom stereocenters. The van der Waals surface area contributed by atoms with Gasteiger partial charge in [0.1, 0.15) is 5.54 Å². The van der Waals surface area contributed by atoms with E-state index in [9.17, 15) is 10.1 Å². The summed E-state index contributed by atoms with van der Waals surface area (Å²) in [5.74, 6) is -0.0603. The third-order valence-electron chi connectivity index (χ3n) is 4.81. The van der Waals surface area contributed by atoms with E-state index in [0.717, 1.165) is 42.3 Å². The third-order valence-corrected chi connectivity index (χ3v) is 5.34. The maximum absolute atomic E-state index is 12.4. The summed E-state index contributed by atoms with van der Waals surface area (Å²) < 4.78 is 6.89. The first-order chi connectivity index (χ1) is 11.6. The van der Waals surface area contributed by atoms with Crippen LogP contribution in [-0.4, -0.2) is 42.6 Å². The van der Waals surface area contributed by atoms with E-state index in [-0.39, 0.29) is 12.0 Å². The summed E-state index contributed by atoms with van der Waals surface area (Å²) in [6.07, 6.45) is 3.53. The first-order valence-electron chi connectivity index (χ1n) is 8.42. The molecule has 5 nitrogen and oxygen atoms in total. The summed E-state index contributed by atoms with van der Waals surface area (Å²) in [5, 5.41) is 12.3. The lowest BCUT2D eigenvalue weighted by atomic mass is 10.00. The normalized spacial score (nSPS) is 23.6. The van der Waals surface area contributed by atoms with Gasteiger partial charge in [-0.25, -0.2) is 0 Å². The zero-order valence-electron chi connectivity index (χ0n) is 13.6. The van der Waals surface area contributed by atoms with Crippen molar-refractivity contribution < 1.29 is 9.53 Å². The highest BCUT2D eigenvalue weighted by molar-refractivity contribution is 9.10. The van der Waals surface area contributed by atoms with Gasteiger partial charge in [-0.05, 0) is 43.4 Å². The number of morpholine rings is 1. The fourth-order valence-corrected chi connectivity index (χ4v) is 3.74. The number of ether oxygens (including phenoxy) is 1. The molecule has 1 aliphatic carbocycles. The van der Waals surface area contributed by atoms with Crippen LogP contribution in [0.5, 0.6) is 0 Å². The highest BCUT2D eigenvalue weighted by atomic mass is 79.9. The number of halogens is 1. The number of rotatable bonds is 4. The highest BCUT2D eigenvalue weighted by Crippen LogP contribution is 2.29. The van der Waals surface area contributed by atoms with Gasteiger partial charge in [-0.2, -0.15) is 5.26 Å². The fraction of sp³-hybridized carbons (Fsp3) is 0.556. The van der Waals surface area contributed by atoms with Crippen molar-refractivity contribution in [3.63, 3.8) is 0 Å². The van der Waals surface area contributed by atoms with Gasteiger partial charge in [0.25, 0.3) is 0 Å². The minimum absolute atomic E-state index is 0.0175. The predicted octanol–water partition coefficient (Wildman–Crippen LogP) is 2.77. The lowest BCUT2D eigenvalue weighted by Crippen LogP contribution is -2.50. The minimum Gasteiger partial charge on any atom is -0.371 e. The van der Waals surface area contributed by atoms with Crippen molar-refractivity contribution in [3.05, 3.63) is 34.3 Å². The van der Waals surface area contributed by atoms with Crippen molar-refractivity contribution in [3.8, 4) is 6.07 Å². The van der Waals surface area contributed by atoms with Gasteiger partial charge in [-0.1, -0.05) is 28.1 Å². The predicted molar refractivity (Wildman–Crippen MR) is 94.2 cm³/mol. The van der Waals surface area contributed by atoms with Gasteiger partial charge in [0.2, 0.25) is 5.91 Å². The van der Waals surface area contributed by atoms with Gasteiger partial charge < -0.3 is 10.1 Å². The van der Waals surface area contributed by atoms with Crippen molar-refractivity contribution >= 4 is 21.8 Å². The second-order valence-corrected chi connectivity index (χ2v) is 7.51. The van der Waals surface area contributed by atoms with Crippen LogP contribution in [0.1, 0.15) is 37.4 Å². The molecular weight excluding hydrogens is 370 g/mol. The van der Waals surface area contributed by atoms with Crippen LogP contribution >= 0.6 is 15.9 Å². The molecule has 0 spiro atoms. The van der Waals surface area contributed by atoms with E-state index in [2.05, 4.69) is 32.2 Å². The average Bonchev–Trinajstić information content (AvgIpc) is 3.04. The number of benzene rings is 1. The first-order valence-corrected chi connectivity index (χ1v) is 9.21. The van der Waals surface area contributed by atoms with E-state index < -0.39 is 5.54 Å². The largest absolute Gasteiger partial charge is 0.371 e. The summed E-state index contributed by atoms with van der Waals surface area (Å²) in [6, 6.07) is 10.4. The highest BCUT2D eigenvalue weighted by Gasteiger charge is 2.36. The van der Waals surface area contributed by atoms with Crippen molar-refractivity contribution in [2.24, 2.45) is 0 Å². The molecule has 2 fully saturated rings. The van der Waals surface area contributed by atoms with Gasteiger partial charge in [0.05, 0.1) is 25.3 Å². The fourth-order valence-electron chi connectivity index (χ4n) is 3.48. The molecular formula is C18H22BrN3O2. The summed E-state index contributed by atoms with van der Waals surface area (Å²) in [4.78, 5) is 14.5. The Hall–Kier alpha value is -1.42. The molecule has 1 aromatic carbocycles. The summed E-state index contributed by atoms with van der Waals surface area (Å²) in [6.45, 7) is 2.35. The molecule has 1 amide bonds. The number of carbonyl (C=O) groups excluding carboxylic acids is 1. The van der Waals surface area contributed by atoms with Gasteiger partial charge in [-0.3, -0.25) is 9.69 Å². The molecule has 0 bridgehead atoms. The Morgan fingerprint density at radius 3 is 2.75 bits per heavy atom. The Balaban J connectivity index is 1.56. The Morgan fingerprint density at radius 2 is 2.08 bits per heavy atom. The molecule has 1 heterocycles. The van der Waals surface area contributed by atoms with Gasteiger partial charge >= 0.3 is 0 Å². The van der Waals surface area contributed by atoms with E-state index in [0.29, 0.717) is 19.7 Å². The van der Waals surface area contributed by atoms with Crippen LogP contribution in [0, 0.1) is 11.3 Å². The molecule has 1 saturated carbocycles. The maximum atomic E-state index is 12.4. The second kappa shape index (κ2) is 7.64. The third kappa shape index (κ3) is 4.15. The molecule has 0 radical (unpaired) electrons. The van der Waals surface area contributed by atoms with E-state index >= 15 is 0 Å². The summed E-state index contributed by atoms with van der Waals surface area (Å²) in [5.41, 5.74) is 0.474. The number of nitrogens with zero attached hydrogens (tertiary/aromatic N) is 2. The zero-order valence-corrected chi connectivity index (χ0v) is 15.2. The Bertz CT molecular complexity index is 620. The van der Waals surface area contributed by atoms with E-state index in [4.69, 9.17) is 4.74 Å². The van der Waals surface area contributed by atoms with E-state index in [1.54, 1.807) is 0 Å². The Morgan fingerprint density at radius 1 is 1.38 bits per heavy atom. The van der Waals surface area contributed by atoms with Crippen LogP contribution < -0.4 is 5.32 Å². The number of amides is 1. The van der Waals surface area contributed by atoms with Crippen LogP contribution in [0.4, 0.5) is 0 Å². The number of hydrogen-bond donors (Lipinski definition) is 1. The first kappa shape index (κ1) is 17.4. The molecule has 1 N–H and O–H groups in total. The van der Waals surface area contributed by atoms with Crippen LogP contribution in [0.3, 0.4) is 0 Å². The van der Waals surface area contributed by atoms with Gasteiger partial charge in [0.15, 0.2) is 0 Å². The lowest BCUT2D eigenvalue weighted by molar-refractivity contribution is -0.125. The van der Waals surface area contributed by atoms with Crippen molar-refractivity contribution in [2.45, 2.75) is 37.3 Å². The van der Waals surface area contributed by atoms with Crippen LogP contribution in [-0.2, 0) is 9.53 Å². The van der Waals surface area contributed by atoms with E-state index in [1.165, 1.54) is 0 Å². The summed E-state index contributed by atoms with van der Waals surface area (Å²) in [7, 11) is 0. The topological polar surface area (TPSA) is 65.4 Å².